The van der Waals surface area contributed by atoms with Crippen molar-refractivity contribution < 1.29 is 0 Å². The van der Waals surface area contributed by atoms with Gasteiger partial charge in [-0.25, -0.2) is 0 Å². The SMILES string of the molecule is C=CCC(C=C(C)C)CC(=C)C. The van der Waals surface area contributed by atoms with Gasteiger partial charge in [0.25, 0.3) is 0 Å². The second-order valence-electron chi connectivity index (χ2n) is 3.69. The molecule has 0 nitrogen and oxygen atoms in total. The first kappa shape index (κ1) is 11.2. The van der Waals surface area contributed by atoms with Gasteiger partial charge in [-0.1, -0.05) is 23.3 Å². The monoisotopic (exact) mass is 164 g/mol. The molecule has 0 heterocycles. The molecule has 1 unspecified atom stereocenters. The zero-order chi connectivity index (χ0) is 9.56. The fourth-order valence-corrected chi connectivity index (χ4v) is 1.34. The van der Waals surface area contributed by atoms with Gasteiger partial charge in [-0.3, -0.25) is 0 Å². The summed E-state index contributed by atoms with van der Waals surface area (Å²) in [6, 6.07) is 0. The third kappa shape index (κ3) is 5.96. The first-order valence-electron chi connectivity index (χ1n) is 4.46. The molecule has 0 saturated carbocycles. The molecular weight excluding hydrogens is 144 g/mol. The van der Waals surface area contributed by atoms with E-state index in [0.29, 0.717) is 5.92 Å². The molecule has 0 aromatic rings. The predicted octanol–water partition coefficient (Wildman–Crippen LogP) is 4.11. The molecule has 68 valence electrons. The molecule has 0 aromatic heterocycles. The fourth-order valence-electron chi connectivity index (χ4n) is 1.34. The van der Waals surface area contributed by atoms with Gasteiger partial charge in [-0.05, 0) is 39.5 Å². The lowest BCUT2D eigenvalue weighted by Gasteiger charge is -2.10. The van der Waals surface area contributed by atoms with Crippen molar-refractivity contribution in [1.82, 2.24) is 0 Å². The van der Waals surface area contributed by atoms with Gasteiger partial charge >= 0.3 is 0 Å². The molecule has 1 atom stereocenters. The number of hydrogen-bond acceptors (Lipinski definition) is 0. The summed E-state index contributed by atoms with van der Waals surface area (Å²) in [5.74, 6) is 0.602. The maximum atomic E-state index is 3.92. The van der Waals surface area contributed by atoms with E-state index in [-0.39, 0.29) is 0 Å². The lowest BCUT2D eigenvalue weighted by atomic mass is 9.96. The van der Waals surface area contributed by atoms with Crippen molar-refractivity contribution in [3.05, 3.63) is 36.5 Å². The average Bonchev–Trinajstić information content (AvgIpc) is 1.84. The van der Waals surface area contributed by atoms with Gasteiger partial charge in [0, 0.05) is 0 Å². The Kier molecular flexibility index (Phi) is 5.44. The summed E-state index contributed by atoms with van der Waals surface area (Å²) in [6.45, 7) is 14.0. The molecule has 0 bridgehead atoms. The second kappa shape index (κ2) is 5.82. The van der Waals surface area contributed by atoms with Gasteiger partial charge in [0.1, 0.15) is 0 Å². The van der Waals surface area contributed by atoms with E-state index in [0.717, 1.165) is 12.8 Å². The lowest BCUT2D eigenvalue weighted by Crippen LogP contribution is -1.95. The quantitative estimate of drug-likeness (QED) is 0.536. The number of rotatable bonds is 5. The van der Waals surface area contributed by atoms with E-state index < -0.39 is 0 Å². The Bertz CT molecular complexity index is 180. The van der Waals surface area contributed by atoms with Crippen molar-refractivity contribution in [2.75, 3.05) is 0 Å². The van der Waals surface area contributed by atoms with Crippen LogP contribution in [0.2, 0.25) is 0 Å². The van der Waals surface area contributed by atoms with Gasteiger partial charge in [0.15, 0.2) is 0 Å². The Labute approximate surface area is 76.7 Å². The van der Waals surface area contributed by atoms with Crippen LogP contribution in [0.15, 0.2) is 36.5 Å². The van der Waals surface area contributed by atoms with Gasteiger partial charge in [-0.2, -0.15) is 0 Å². The summed E-state index contributed by atoms with van der Waals surface area (Å²) in [5, 5.41) is 0. The molecule has 0 saturated heterocycles. The van der Waals surface area contributed by atoms with E-state index in [4.69, 9.17) is 0 Å². The van der Waals surface area contributed by atoms with Gasteiger partial charge in [-0.15, -0.1) is 13.2 Å². The summed E-state index contributed by atoms with van der Waals surface area (Å²) in [5.41, 5.74) is 2.63. The van der Waals surface area contributed by atoms with Crippen LogP contribution in [0.25, 0.3) is 0 Å². The van der Waals surface area contributed by atoms with E-state index in [9.17, 15) is 0 Å². The van der Waals surface area contributed by atoms with Crippen LogP contribution in [-0.4, -0.2) is 0 Å². The average molecular weight is 164 g/mol. The summed E-state index contributed by atoms with van der Waals surface area (Å²) in [6.07, 6.45) is 6.42. The third-order valence-corrected chi connectivity index (χ3v) is 1.65. The van der Waals surface area contributed by atoms with Crippen LogP contribution in [0.4, 0.5) is 0 Å². The Hall–Kier alpha value is -0.780. The largest absolute Gasteiger partial charge is 0.103 e. The summed E-state index contributed by atoms with van der Waals surface area (Å²) < 4.78 is 0. The number of allylic oxidation sites excluding steroid dienone is 4. The van der Waals surface area contributed by atoms with E-state index in [2.05, 4.69) is 40.0 Å². The standard InChI is InChI=1S/C12H20/c1-6-7-12(8-10(2)3)9-11(4)5/h6,9,12H,1-2,7-8H2,3-5H3. The maximum absolute atomic E-state index is 3.92. The van der Waals surface area contributed by atoms with Crippen LogP contribution in [0.3, 0.4) is 0 Å². The lowest BCUT2D eigenvalue weighted by molar-refractivity contribution is 0.651. The normalized spacial score (nSPS) is 11.9. The molecule has 12 heavy (non-hydrogen) atoms. The zero-order valence-corrected chi connectivity index (χ0v) is 8.56. The molecular formula is C12H20. The Morgan fingerprint density at radius 2 is 1.92 bits per heavy atom. The van der Waals surface area contributed by atoms with Crippen molar-refractivity contribution in [2.45, 2.75) is 33.6 Å². The molecule has 0 amide bonds. The predicted molar refractivity (Wildman–Crippen MR) is 57.2 cm³/mol. The molecule has 0 aliphatic rings. The molecule has 0 rings (SSSR count). The molecule has 0 aliphatic heterocycles. The zero-order valence-electron chi connectivity index (χ0n) is 8.56. The molecule has 0 spiro atoms. The molecule has 0 fully saturated rings. The molecule has 0 N–H and O–H groups in total. The first-order chi connectivity index (χ1) is 5.56. The third-order valence-electron chi connectivity index (χ3n) is 1.65. The van der Waals surface area contributed by atoms with Crippen LogP contribution >= 0.6 is 0 Å². The Morgan fingerprint density at radius 1 is 1.33 bits per heavy atom. The van der Waals surface area contributed by atoms with E-state index >= 15 is 0 Å². The fraction of sp³-hybridized carbons (Fsp3) is 0.500. The summed E-state index contributed by atoms with van der Waals surface area (Å²) in [4.78, 5) is 0. The van der Waals surface area contributed by atoms with Crippen LogP contribution in [0.1, 0.15) is 33.6 Å². The number of hydrogen-bond donors (Lipinski definition) is 0. The van der Waals surface area contributed by atoms with Crippen LogP contribution in [-0.2, 0) is 0 Å². The van der Waals surface area contributed by atoms with Crippen LogP contribution in [0.5, 0.6) is 0 Å². The highest BCUT2D eigenvalue weighted by atomic mass is 14.1. The molecule has 0 aliphatic carbocycles. The molecule has 0 heteroatoms. The van der Waals surface area contributed by atoms with Crippen molar-refractivity contribution in [1.29, 1.82) is 0 Å². The van der Waals surface area contributed by atoms with E-state index in [1.165, 1.54) is 11.1 Å². The maximum Gasteiger partial charge on any atom is -0.0160 e. The van der Waals surface area contributed by atoms with Crippen LogP contribution in [0, 0.1) is 5.92 Å². The first-order valence-corrected chi connectivity index (χ1v) is 4.46. The van der Waals surface area contributed by atoms with Crippen molar-refractivity contribution in [3.63, 3.8) is 0 Å². The smallest absolute Gasteiger partial charge is 0.0160 e. The topological polar surface area (TPSA) is 0 Å². The minimum Gasteiger partial charge on any atom is -0.103 e. The Morgan fingerprint density at radius 3 is 2.25 bits per heavy atom. The highest BCUT2D eigenvalue weighted by molar-refractivity contribution is 5.04. The van der Waals surface area contributed by atoms with Crippen molar-refractivity contribution in [3.8, 4) is 0 Å². The van der Waals surface area contributed by atoms with Crippen molar-refractivity contribution >= 4 is 0 Å². The summed E-state index contributed by atoms with van der Waals surface area (Å²) >= 11 is 0. The summed E-state index contributed by atoms with van der Waals surface area (Å²) in [7, 11) is 0. The highest BCUT2D eigenvalue weighted by Gasteiger charge is 2.02. The van der Waals surface area contributed by atoms with Crippen molar-refractivity contribution in [2.24, 2.45) is 5.92 Å². The van der Waals surface area contributed by atoms with E-state index in [1.807, 2.05) is 6.08 Å². The van der Waals surface area contributed by atoms with E-state index in [1.54, 1.807) is 0 Å². The van der Waals surface area contributed by atoms with Gasteiger partial charge in [0.05, 0.1) is 0 Å². The molecule has 0 aromatic carbocycles. The van der Waals surface area contributed by atoms with Gasteiger partial charge < -0.3 is 0 Å². The minimum atomic E-state index is 0.602. The second-order valence-corrected chi connectivity index (χ2v) is 3.69. The van der Waals surface area contributed by atoms with Gasteiger partial charge in [0.2, 0.25) is 0 Å². The van der Waals surface area contributed by atoms with Crippen LogP contribution < -0.4 is 0 Å². The molecule has 0 radical (unpaired) electrons. The highest BCUT2D eigenvalue weighted by Crippen LogP contribution is 2.17. The minimum absolute atomic E-state index is 0.602. The Balaban J connectivity index is 4.12.